The summed E-state index contributed by atoms with van der Waals surface area (Å²) in [4.78, 5) is 10.9. The van der Waals surface area contributed by atoms with Gasteiger partial charge in [-0.1, -0.05) is 62.3 Å². The molecule has 21 heavy (non-hydrogen) atoms. The highest BCUT2D eigenvalue weighted by molar-refractivity contribution is 5.32. The van der Waals surface area contributed by atoms with Crippen LogP contribution in [-0.4, -0.2) is 36.1 Å². The molecule has 0 rings (SSSR count). The number of hydrogen-bond acceptors (Lipinski definition) is 2. The van der Waals surface area contributed by atoms with Gasteiger partial charge in [-0.3, -0.25) is 4.79 Å². The molecule has 0 aromatic rings. The topological polar surface area (TPSA) is 40.5 Å². The van der Waals surface area contributed by atoms with E-state index in [4.69, 9.17) is 9.90 Å². The zero-order valence-corrected chi connectivity index (χ0v) is 15.9. The Morgan fingerprint density at radius 3 is 1.57 bits per heavy atom. The molecular weight excluding hydrogens is 262 g/mol. The van der Waals surface area contributed by atoms with E-state index in [-0.39, 0.29) is 6.47 Å². The Bertz CT molecular complexity index is 272. The zero-order chi connectivity index (χ0) is 17.3. The number of nitrogens with zero attached hydrogens (tertiary/aromatic N) is 1. The molecule has 3 nitrogen and oxygen atoms in total. The van der Waals surface area contributed by atoms with Crippen LogP contribution in [0.15, 0.2) is 0 Å². The van der Waals surface area contributed by atoms with Crippen LogP contribution < -0.4 is 0 Å². The van der Waals surface area contributed by atoms with Gasteiger partial charge in [0.1, 0.15) is 0 Å². The first-order valence-corrected chi connectivity index (χ1v) is 8.17. The van der Waals surface area contributed by atoms with Crippen LogP contribution in [-0.2, 0) is 4.79 Å². The Morgan fingerprint density at radius 1 is 0.952 bits per heavy atom. The van der Waals surface area contributed by atoms with Gasteiger partial charge in [-0.15, -0.1) is 0 Å². The van der Waals surface area contributed by atoms with E-state index in [0.717, 1.165) is 0 Å². The summed E-state index contributed by atoms with van der Waals surface area (Å²) in [5.41, 5.74) is 1.19. The Morgan fingerprint density at radius 2 is 1.33 bits per heavy atom. The number of carboxylic acid groups (broad SMARTS) is 1. The van der Waals surface area contributed by atoms with Crippen LogP contribution >= 0.6 is 0 Å². The summed E-state index contributed by atoms with van der Waals surface area (Å²) < 4.78 is 0. The molecular formula is C18H39NO2. The molecule has 0 heterocycles. The third-order valence-electron chi connectivity index (χ3n) is 4.61. The molecule has 0 aliphatic carbocycles. The number of hydrogen-bond donors (Lipinski definition) is 1. The summed E-state index contributed by atoms with van der Waals surface area (Å²) in [5, 5.41) is 6.89. The van der Waals surface area contributed by atoms with E-state index in [1.54, 1.807) is 0 Å². The molecule has 1 N–H and O–H groups in total. The SMILES string of the molecule is CCN(CC)CCC(C)(CC(C)(C)C)C(C)(C)C.O=CO. The van der Waals surface area contributed by atoms with Gasteiger partial charge in [-0.2, -0.15) is 0 Å². The lowest BCUT2D eigenvalue weighted by Gasteiger charge is -2.47. The normalized spacial score (nSPS) is 15.1. The Balaban J connectivity index is 0. The molecule has 128 valence electrons. The van der Waals surface area contributed by atoms with E-state index in [9.17, 15) is 0 Å². The van der Waals surface area contributed by atoms with Crippen molar-refractivity contribution in [2.75, 3.05) is 19.6 Å². The van der Waals surface area contributed by atoms with Crippen molar-refractivity contribution in [3.63, 3.8) is 0 Å². The predicted molar refractivity (Wildman–Crippen MR) is 92.7 cm³/mol. The fourth-order valence-electron chi connectivity index (χ4n) is 2.84. The maximum absolute atomic E-state index is 8.36. The van der Waals surface area contributed by atoms with Gasteiger partial charge in [0.25, 0.3) is 6.47 Å². The smallest absolute Gasteiger partial charge is 0.290 e. The minimum absolute atomic E-state index is 0.250. The van der Waals surface area contributed by atoms with Gasteiger partial charge in [-0.05, 0) is 48.7 Å². The van der Waals surface area contributed by atoms with Crippen LogP contribution in [0.4, 0.5) is 0 Å². The number of carbonyl (C=O) groups is 1. The summed E-state index contributed by atoms with van der Waals surface area (Å²) in [5.74, 6) is 0. The fraction of sp³-hybridized carbons (Fsp3) is 0.944. The third kappa shape index (κ3) is 9.89. The van der Waals surface area contributed by atoms with Gasteiger partial charge in [0.15, 0.2) is 0 Å². The van der Waals surface area contributed by atoms with Crippen molar-refractivity contribution in [1.29, 1.82) is 0 Å². The lowest BCUT2D eigenvalue weighted by molar-refractivity contribution is -0.122. The lowest BCUT2D eigenvalue weighted by Crippen LogP contribution is -2.39. The largest absolute Gasteiger partial charge is 0.483 e. The monoisotopic (exact) mass is 301 g/mol. The predicted octanol–water partition coefficient (Wildman–Crippen LogP) is 4.91. The molecule has 0 amide bonds. The third-order valence-corrected chi connectivity index (χ3v) is 4.61. The molecule has 0 aromatic heterocycles. The first-order valence-electron chi connectivity index (χ1n) is 8.17. The van der Waals surface area contributed by atoms with E-state index in [2.05, 4.69) is 67.2 Å². The quantitative estimate of drug-likeness (QED) is 0.709. The summed E-state index contributed by atoms with van der Waals surface area (Å²) in [6.07, 6.45) is 2.60. The standard InChI is InChI=1S/C17H37N.CH2O2/c1-10-18(11-2)13-12-17(9,16(6,7)8)14-15(3,4)5;2-1-3/h10-14H2,1-9H3;1H,(H,2,3). The summed E-state index contributed by atoms with van der Waals surface area (Å²) in [7, 11) is 0. The van der Waals surface area contributed by atoms with Crippen molar-refractivity contribution in [2.45, 2.75) is 75.2 Å². The van der Waals surface area contributed by atoms with Crippen LogP contribution in [0.1, 0.15) is 75.2 Å². The van der Waals surface area contributed by atoms with Crippen molar-refractivity contribution >= 4 is 6.47 Å². The van der Waals surface area contributed by atoms with Crippen molar-refractivity contribution in [3.8, 4) is 0 Å². The van der Waals surface area contributed by atoms with Gasteiger partial charge < -0.3 is 10.0 Å². The summed E-state index contributed by atoms with van der Waals surface area (Å²) in [6, 6.07) is 0. The first kappa shape index (κ1) is 22.7. The fourth-order valence-corrected chi connectivity index (χ4v) is 2.84. The zero-order valence-electron chi connectivity index (χ0n) is 15.9. The summed E-state index contributed by atoms with van der Waals surface area (Å²) in [6.45, 7) is 24.7. The lowest BCUT2D eigenvalue weighted by atomic mass is 9.60. The van der Waals surface area contributed by atoms with Crippen LogP contribution in [0.3, 0.4) is 0 Å². The second kappa shape index (κ2) is 9.45. The van der Waals surface area contributed by atoms with E-state index >= 15 is 0 Å². The first-order chi connectivity index (χ1) is 9.36. The molecule has 0 aliphatic rings. The molecule has 0 saturated heterocycles. The molecule has 0 spiro atoms. The molecule has 0 saturated carbocycles. The Hall–Kier alpha value is -0.570. The van der Waals surface area contributed by atoms with E-state index in [1.165, 1.54) is 32.5 Å². The van der Waals surface area contributed by atoms with Crippen LogP contribution in [0.5, 0.6) is 0 Å². The highest BCUT2D eigenvalue weighted by Gasteiger charge is 2.39. The van der Waals surface area contributed by atoms with Crippen molar-refractivity contribution in [3.05, 3.63) is 0 Å². The van der Waals surface area contributed by atoms with E-state index in [0.29, 0.717) is 16.2 Å². The molecule has 0 radical (unpaired) electrons. The molecule has 0 bridgehead atoms. The van der Waals surface area contributed by atoms with E-state index in [1.807, 2.05) is 0 Å². The van der Waals surface area contributed by atoms with Gasteiger partial charge in [0.05, 0.1) is 0 Å². The van der Waals surface area contributed by atoms with Crippen molar-refractivity contribution < 1.29 is 9.90 Å². The minimum Gasteiger partial charge on any atom is -0.483 e. The molecule has 0 aliphatic heterocycles. The van der Waals surface area contributed by atoms with Gasteiger partial charge in [-0.25, -0.2) is 0 Å². The second-order valence-electron chi connectivity index (χ2n) is 8.43. The van der Waals surface area contributed by atoms with Crippen molar-refractivity contribution in [2.24, 2.45) is 16.2 Å². The highest BCUT2D eigenvalue weighted by atomic mass is 16.3. The molecule has 0 fully saturated rings. The van der Waals surface area contributed by atoms with Gasteiger partial charge in [0, 0.05) is 0 Å². The van der Waals surface area contributed by atoms with Crippen LogP contribution in [0.25, 0.3) is 0 Å². The Kier molecular flexibility index (Phi) is 10.2. The molecule has 1 atom stereocenters. The van der Waals surface area contributed by atoms with E-state index < -0.39 is 0 Å². The summed E-state index contributed by atoms with van der Waals surface area (Å²) >= 11 is 0. The minimum atomic E-state index is -0.250. The van der Waals surface area contributed by atoms with Crippen LogP contribution in [0, 0.1) is 16.2 Å². The van der Waals surface area contributed by atoms with Crippen LogP contribution in [0.2, 0.25) is 0 Å². The Labute approximate surface area is 133 Å². The average Bonchev–Trinajstić information content (AvgIpc) is 2.27. The maximum Gasteiger partial charge on any atom is 0.290 e. The highest BCUT2D eigenvalue weighted by Crippen LogP contribution is 2.48. The average molecular weight is 302 g/mol. The number of rotatable bonds is 6. The van der Waals surface area contributed by atoms with Gasteiger partial charge >= 0.3 is 0 Å². The second-order valence-corrected chi connectivity index (χ2v) is 8.43. The van der Waals surface area contributed by atoms with Gasteiger partial charge in [0.2, 0.25) is 0 Å². The maximum atomic E-state index is 8.36. The molecule has 1 unspecified atom stereocenters. The van der Waals surface area contributed by atoms with Crippen molar-refractivity contribution in [1.82, 2.24) is 4.90 Å². The molecule has 0 aromatic carbocycles. The molecule has 3 heteroatoms.